The van der Waals surface area contributed by atoms with Crippen LogP contribution in [0.1, 0.15) is 52.7 Å². The van der Waals surface area contributed by atoms with E-state index in [1.165, 1.54) is 24.3 Å². The molecule has 0 atom stereocenters. The van der Waals surface area contributed by atoms with Crippen LogP contribution in [-0.2, 0) is 19.1 Å². The largest absolute Gasteiger partial charge is 0.457 e. The third kappa shape index (κ3) is 11.5. The molecule has 0 aromatic heterocycles. The van der Waals surface area contributed by atoms with Crippen LogP contribution in [0.15, 0.2) is 109 Å². The van der Waals surface area contributed by atoms with Crippen LogP contribution in [0.3, 0.4) is 0 Å². The number of nitrogens with two attached hydrogens (primary N) is 1. The van der Waals surface area contributed by atoms with Crippen molar-refractivity contribution in [1.82, 2.24) is 0 Å². The third-order valence-electron chi connectivity index (χ3n) is 6.10. The molecule has 238 valence electrons. The van der Waals surface area contributed by atoms with Gasteiger partial charge in [0, 0.05) is 29.5 Å². The number of esters is 2. The standard InChI is InChI=1S/C19H19NO4.C19H21NO2/c1-19(2,3)24-18(21)12-10-14-9-11-16(17(13-14)20(22)23)15-7-5-4-6-8-15;1-19(2,3)22-18(21)12-10-14-9-11-16(17(20)13-14)15-7-5-4-6-8-15/h4-13H,1-3H3;4-13H,20H2,1-3H3/b2*12-10+. The lowest BCUT2D eigenvalue weighted by Gasteiger charge is -2.17. The van der Waals surface area contributed by atoms with Crippen molar-refractivity contribution in [3.8, 4) is 22.3 Å². The lowest BCUT2D eigenvalue weighted by Crippen LogP contribution is -2.22. The lowest BCUT2D eigenvalue weighted by molar-refractivity contribution is -0.384. The molecule has 8 nitrogen and oxygen atoms in total. The van der Waals surface area contributed by atoms with E-state index in [0.717, 1.165) is 22.3 Å². The Morgan fingerprint density at radius 3 is 1.48 bits per heavy atom. The lowest BCUT2D eigenvalue weighted by atomic mass is 10.0. The molecule has 4 rings (SSSR count). The Bertz CT molecular complexity index is 1710. The first-order chi connectivity index (χ1) is 21.6. The molecule has 0 radical (unpaired) electrons. The van der Waals surface area contributed by atoms with E-state index >= 15 is 0 Å². The maximum absolute atomic E-state index is 11.7. The van der Waals surface area contributed by atoms with Crippen molar-refractivity contribution in [2.24, 2.45) is 0 Å². The molecule has 0 amide bonds. The van der Waals surface area contributed by atoms with Crippen LogP contribution in [0.4, 0.5) is 11.4 Å². The molecule has 0 fully saturated rings. The molecule has 8 heteroatoms. The molecule has 0 heterocycles. The number of nitro benzene ring substituents is 1. The van der Waals surface area contributed by atoms with Crippen molar-refractivity contribution in [1.29, 1.82) is 0 Å². The second kappa shape index (κ2) is 15.5. The van der Waals surface area contributed by atoms with Gasteiger partial charge in [-0.25, -0.2) is 9.59 Å². The fraction of sp³-hybridized carbons (Fsp3) is 0.211. The quantitative estimate of drug-likeness (QED) is 0.0720. The van der Waals surface area contributed by atoms with E-state index in [4.69, 9.17) is 15.2 Å². The van der Waals surface area contributed by atoms with Crippen LogP contribution in [0.2, 0.25) is 0 Å². The van der Waals surface area contributed by atoms with Crippen molar-refractivity contribution in [3.63, 3.8) is 0 Å². The minimum Gasteiger partial charge on any atom is -0.457 e. The predicted octanol–water partition coefficient (Wildman–Crippen LogP) is 8.91. The molecule has 4 aromatic rings. The highest BCUT2D eigenvalue weighted by atomic mass is 16.6. The van der Waals surface area contributed by atoms with E-state index < -0.39 is 22.1 Å². The minimum absolute atomic E-state index is 0.00691. The van der Waals surface area contributed by atoms with Gasteiger partial charge in [0.25, 0.3) is 5.69 Å². The molecule has 2 N–H and O–H groups in total. The summed E-state index contributed by atoms with van der Waals surface area (Å²) in [6.45, 7) is 10.8. The normalized spacial score (nSPS) is 11.5. The first kappa shape index (κ1) is 35.0. The molecule has 0 saturated carbocycles. The van der Waals surface area contributed by atoms with E-state index in [-0.39, 0.29) is 11.7 Å². The van der Waals surface area contributed by atoms with E-state index in [1.807, 2.05) is 99.6 Å². The Labute approximate surface area is 270 Å². The molecule has 0 aliphatic heterocycles. The van der Waals surface area contributed by atoms with Crippen molar-refractivity contribution in [2.45, 2.75) is 52.7 Å². The molecule has 0 aliphatic carbocycles. The summed E-state index contributed by atoms with van der Waals surface area (Å²) < 4.78 is 10.4. The monoisotopic (exact) mass is 620 g/mol. The maximum Gasteiger partial charge on any atom is 0.331 e. The van der Waals surface area contributed by atoms with Gasteiger partial charge in [0.15, 0.2) is 0 Å². The summed E-state index contributed by atoms with van der Waals surface area (Å²) in [6.07, 6.45) is 5.91. The van der Waals surface area contributed by atoms with Crippen molar-refractivity contribution < 1.29 is 24.0 Å². The van der Waals surface area contributed by atoms with E-state index in [2.05, 4.69) is 0 Å². The number of hydrogen-bond donors (Lipinski definition) is 1. The fourth-order valence-electron chi connectivity index (χ4n) is 4.23. The summed E-state index contributed by atoms with van der Waals surface area (Å²) in [4.78, 5) is 34.3. The number of hydrogen-bond acceptors (Lipinski definition) is 7. The third-order valence-corrected chi connectivity index (χ3v) is 6.10. The van der Waals surface area contributed by atoms with Crippen molar-refractivity contribution in [2.75, 3.05) is 5.73 Å². The summed E-state index contributed by atoms with van der Waals surface area (Å²) in [6, 6.07) is 29.7. The molecule has 46 heavy (non-hydrogen) atoms. The Balaban J connectivity index is 0.000000251. The summed E-state index contributed by atoms with van der Waals surface area (Å²) in [5.74, 6) is -0.851. The summed E-state index contributed by atoms with van der Waals surface area (Å²) in [7, 11) is 0. The number of carbonyl (C=O) groups excluding carboxylic acids is 2. The first-order valence-corrected chi connectivity index (χ1v) is 14.7. The number of ether oxygens (including phenoxy) is 2. The number of nitrogen functional groups attached to an aromatic ring is 1. The number of carbonyl (C=O) groups is 2. The van der Waals surface area contributed by atoms with Crippen LogP contribution < -0.4 is 5.73 Å². The van der Waals surface area contributed by atoms with Crippen molar-refractivity contribution in [3.05, 3.63) is 130 Å². The van der Waals surface area contributed by atoms with E-state index in [0.29, 0.717) is 16.8 Å². The predicted molar refractivity (Wildman–Crippen MR) is 185 cm³/mol. The Morgan fingerprint density at radius 1 is 0.652 bits per heavy atom. The molecule has 0 saturated heterocycles. The summed E-state index contributed by atoms with van der Waals surface area (Å²) in [5.41, 5.74) is 10.5. The van der Waals surface area contributed by atoms with Gasteiger partial charge in [-0.2, -0.15) is 0 Å². The van der Waals surface area contributed by atoms with Gasteiger partial charge in [0.2, 0.25) is 0 Å². The second-order valence-electron chi connectivity index (χ2n) is 12.3. The van der Waals surface area contributed by atoms with Crippen LogP contribution in [-0.4, -0.2) is 28.1 Å². The van der Waals surface area contributed by atoms with E-state index in [1.54, 1.807) is 39.0 Å². The van der Waals surface area contributed by atoms with E-state index in [9.17, 15) is 19.7 Å². The summed E-state index contributed by atoms with van der Waals surface area (Å²) >= 11 is 0. The number of rotatable bonds is 7. The molecule has 0 bridgehead atoms. The number of nitro groups is 1. The SMILES string of the molecule is CC(C)(C)OC(=O)/C=C/c1ccc(-c2ccccc2)c(N)c1.CC(C)(C)OC(=O)/C=C/c1ccc(-c2ccccc2)c([N+](=O)[O-])c1. The Kier molecular flexibility index (Phi) is 11.8. The highest BCUT2D eigenvalue weighted by Crippen LogP contribution is 2.31. The van der Waals surface area contributed by atoms with Crippen LogP contribution in [0.5, 0.6) is 0 Å². The van der Waals surface area contributed by atoms with Gasteiger partial charge in [-0.05, 0) is 88.1 Å². The molecule has 0 aliphatic rings. The smallest absolute Gasteiger partial charge is 0.331 e. The van der Waals surface area contributed by atoms with Gasteiger partial charge in [-0.1, -0.05) is 78.9 Å². The van der Waals surface area contributed by atoms with Gasteiger partial charge in [-0.3, -0.25) is 10.1 Å². The molecule has 0 spiro atoms. The molecule has 0 unspecified atom stereocenters. The topological polar surface area (TPSA) is 122 Å². The second-order valence-corrected chi connectivity index (χ2v) is 12.3. The average molecular weight is 621 g/mol. The zero-order valence-electron chi connectivity index (χ0n) is 27.0. The summed E-state index contributed by atoms with van der Waals surface area (Å²) in [5, 5.41) is 11.4. The highest BCUT2D eigenvalue weighted by molar-refractivity contribution is 5.89. The van der Waals surface area contributed by atoms with Gasteiger partial charge in [0.05, 0.1) is 10.5 Å². The fourth-order valence-corrected chi connectivity index (χ4v) is 4.23. The zero-order chi connectivity index (χ0) is 33.9. The Hall–Kier alpha value is -5.50. The van der Waals surface area contributed by atoms with Gasteiger partial charge in [-0.15, -0.1) is 0 Å². The number of benzene rings is 4. The van der Waals surface area contributed by atoms with Gasteiger partial charge < -0.3 is 15.2 Å². The first-order valence-electron chi connectivity index (χ1n) is 14.7. The van der Waals surface area contributed by atoms with Gasteiger partial charge in [0.1, 0.15) is 11.2 Å². The maximum atomic E-state index is 11.7. The Morgan fingerprint density at radius 2 is 1.07 bits per heavy atom. The van der Waals surface area contributed by atoms with Crippen molar-refractivity contribution >= 4 is 35.5 Å². The molecular weight excluding hydrogens is 580 g/mol. The highest BCUT2D eigenvalue weighted by Gasteiger charge is 2.17. The van der Waals surface area contributed by atoms with Crippen LogP contribution in [0, 0.1) is 10.1 Å². The molecular formula is C38H40N2O6. The minimum atomic E-state index is -0.579. The van der Waals surface area contributed by atoms with Gasteiger partial charge >= 0.3 is 11.9 Å². The zero-order valence-corrected chi connectivity index (χ0v) is 27.0. The van der Waals surface area contributed by atoms with Crippen LogP contribution >= 0.6 is 0 Å². The number of anilines is 1. The molecule has 4 aromatic carbocycles. The number of nitrogens with zero attached hydrogens (tertiary/aromatic N) is 1. The average Bonchev–Trinajstić information content (AvgIpc) is 2.98. The van der Waals surface area contributed by atoms with Crippen LogP contribution in [0.25, 0.3) is 34.4 Å².